The summed E-state index contributed by atoms with van der Waals surface area (Å²) in [4.78, 5) is 1.42. The smallest absolute Gasteiger partial charge is 0.177 e. The average molecular weight is 196 g/mol. The standard InChI is InChI=1S/C9H16N4O/c1-9(2)5-6(9)7(14)4-8-10-12-13(3)11-8/h6-7,14H,4-5H2,1-3H3. The van der Waals surface area contributed by atoms with Gasteiger partial charge in [-0.1, -0.05) is 13.8 Å². The van der Waals surface area contributed by atoms with E-state index in [-0.39, 0.29) is 6.10 Å². The fourth-order valence-electron chi connectivity index (χ4n) is 1.90. The van der Waals surface area contributed by atoms with Crippen LogP contribution in [0.25, 0.3) is 0 Å². The first-order valence-electron chi connectivity index (χ1n) is 4.90. The van der Waals surface area contributed by atoms with E-state index >= 15 is 0 Å². The SMILES string of the molecule is Cn1nnc(CC(O)C2CC2(C)C)n1. The summed E-state index contributed by atoms with van der Waals surface area (Å²) < 4.78 is 0. The molecule has 0 aliphatic heterocycles. The van der Waals surface area contributed by atoms with E-state index in [1.165, 1.54) is 4.80 Å². The Morgan fingerprint density at radius 2 is 2.29 bits per heavy atom. The summed E-state index contributed by atoms with van der Waals surface area (Å²) in [5.74, 6) is 1.02. The van der Waals surface area contributed by atoms with Gasteiger partial charge in [0.05, 0.1) is 13.2 Å². The third-order valence-electron chi connectivity index (χ3n) is 3.00. The van der Waals surface area contributed by atoms with Crippen molar-refractivity contribution in [1.82, 2.24) is 20.2 Å². The molecule has 2 rings (SSSR count). The van der Waals surface area contributed by atoms with E-state index in [4.69, 9.17) is 0 Å². The summed E-state index contributed by atoms with van der Waals surface area (Å²) in [5, 5.41) is 21.5. The molecular formula is C9H16N4O. The topological polar surface area (TPSA) is 63.8 Å². The van der Waals surface area contributed by atoms with Gasteiger partial charge in [-0.25, -0.2) is 0 Å². The van der Waals surface area contributed by atoms with Gasteiger partial charge in [0.25, 0.3) is 0 Å². The summed E-state index contributed by atoms with van der Waals surface area (Å²) in [6.45, 7) is 4.34. The van der Waals surface area contributed by atoms with Gasteiger partial charge in [0.2, 0.25) is 0 Å². The lowest BCUT2D eigenvalue weighted by Crippen LogP contribution is -2.17. The van der Waals surface area contributed by atoms with Crippen LogP contribution in [0.3, 0.4) is 0 Å². The molecule has 5 nitrogen and oxygen atoms in total. The second kappa shape index (κ2) is 3.02. The van der Waals surface area contributed by atoms with Crippen LogP contribution in [-0.2, 0) is 13.5 Å². The molecule has 78 valence electrons. The Bertz CT molecular complexity index is 333. The number of nitrogens with zero attached hydrogens (tertiary/aromatic N) is 4. The van der Waals surface area contributed by atoms with E-state index in [0.29, 0.717) is 23.6 Å². The van der Waals surface area contributed by atoms with Crippen LogP contribution in [0, 0.1) is 11.3 Å². The molecule has 0 aromatic carbocycles. The molecule has 0 saturated heterocycles. The molecule has 1 heterocycles. The number of aromatic nitrogens is 4. The highest BCUT2D eigenvalue weighted by molar-refractivity contribution is 5.01. The van der Waals surface area contributed by atoms with Gasteiger partial charge in [0, 0.05) is 6.42 Å². The molecule has 1 aromatic heterocycles. The zero-order valence-corrected chi connectivity index (χ0v) is 8.80. The van der Waals surface area contributed by atoms with Crippen LogP contribution in [0.1, 0.15) is 26.1 Å². The number of aliphatic hydroxyl groups excluding tert-OH is 1. The van der Waals surface area contributed by atoms with Crippen molar-refractivity contribution >= 4 is 0 Å². The van der Waals surface area contributed by atoms with Crippen molar-refractivity contribution < 1.29 is 5.11 Å². The highest BCUT2D eigenvalue weighted by Crippen LogP contribution is 2.53. The molecule has 1 saturated carbocycles. The Morgan fingerprint density at radius 3 is 2.71 bits per heavy atom. The summed E-state index contributed by atoms with van der Waals surface area (Å²) >= 11 is 0. The second-order valence-corrected chi connectivity index (χ2v) is 4.77. The molecule has 0 spiro atoms. The first kappa shape index (κ1) is 9.58. The number of aliphatic hydroxyl groups is 1. The number of tetrazole rings is 1. The largest absolute Gasteiger partial charge is 0.392 e. The van der Waals surface area contributed by atoms with E-state index in [9.17, 15) is 5.11 Å². The Balaban J connectivity index is 1.93. The van der Waals surface area contributed by atoms with Crippen molar-refractivity contribution in [2.24, 2.45) is 18.4 Å². The Hall–Kier alpha value is -0.970. The molecule has 0 bridgehead atoms. The van der Waals surface area contributed by atoms with Gasteiger partial charge in [0.15, 0.2) is 5.82 Å². The highest BCUT2D eigenvalue weighted by atomic mass is 16.3. The van der Waals surface area contributed by atoms with Gasteiger partial charge < -0.3 is 5.11 Å². The lowest BCUT2D eigenvalue weighted by molar-refractivity contribution is 0.134. The van der Waals surface area contributed by atoms with Crippen LogP contribution in [-0.4, -0.2) is 31.4 Å². The molecule has 1 aliphatic rings. The van der Waals surface area contributed by atoms with Crippen molar-refractivity contribution in [3.8, 4) is 0 Å². The third kappa shape index (κ3) is 1.77. The van der Waals surface area contributed by atoms with E-state index < -0.39 is 0 Å². The predicted octanol–water partition coefficient (Wildman–Crippen LogP) is 0.160. The number of rotatable bonds is 3. The van der Waals surface area contributed by atoms with Crippen LogP contribution in [0.2, 0.25) is 0 Å². The van der Waals surface area contributed by atoms with Gasteiger partial charge >= 0.3 is 0 Å². The molecule has 1 aliphatic carbocycles. The maximum Gasteiger partial charge on any atom is 0.177 e. The van der Waals surface area contributed by atoms with Crippen LogP contribution in [0.5, 0.6) is 0 Å². The molecule has 2 atom stereocenters. The van der Waals surface area contributed by atoms with Crippen LogP contribution in [0.15, 0.2) is 0 Å². The number of hydrogen-bond donors (Lipinski definition) is 1. The third-order valence-corrected chi connectivity index (χ3v) is 3.00. The van der Waals surface area contributed by atoms with E-state index in [2.05, 4.69) is 29.3 Å². The molecule has 5 heteroatoms. The highest BCUT2D eigenvalue weighted by Gasteiger charge is 2.49. The maximum absolute atomic E-state index is 9.87. The maximum atomic E-state index is 9.87. The van der Waals surface area contributed by atoms with Gasteiger partial charge in [-0.3, -0.25) is 0 Å². The van der Waals surface area contributed by atoms with Crippen molar-refractivity contribution in [1.29, 1.82) is 0 Å². The molecule has 1 aromatic rings. The van der Waals surface area contributed by atoms with E-state index in [1.807, 2.05) is 0 Å². The quantitative estimate of drug-likeness (QED) is 0.748. The summed E-state index contributed by atoms with van der Waals surface area (Å²) in [5.41, 5.74) is 0.293. The fourth-order valence-corrected chi connectivity index (χ4v) is 1.90. The van der Waals surface area contributed by atoms with Gasteiger partial charge in [-0.15, -0.1) is 10.2 Å². The monoisotopic (exact) mass is 196 g/mol. The number of aryl methyl sites for hydroxylation is 1. The molecule has 14 heavy (non-hydrogen) atoms. The molecule has 0 radical (unpaired) electrons. The van der Waals surface area contributed by atoms with Crippen molar-refractivity contribution in [3.63, 3.8) is 0 Å². The summed E-state index contributed by atoms with van der Waals surface area (Å²) in [6.07, 6.45) is 1.28. The van der Waals surface area contributed by atoms with Crippen LogP contribution < -0.4 is 0 Å². The molecule has 2 unspecified atom stereocenters. The molecule has 0 amide bonds. The Morgan fingerprint density at radius 1 is 1.64 bits per heavy atom. The molecule has 1 fully saturated rings. The minimum Gasteiger partial charge on any atom is -0.392 e. The van der Waals surface area contributed by atoms with Gasteiger partial charge in [0.1, 0.15) is 0 Å². The Labute approximate surface area is 83.1 Å². The van der Waals surface area contributed by atoms with Crippen molar-refractivity contribution in [3.05, 3.63) is 5.82 Å². The summed E-state index contributed by atoms with van der Waals surface area (Å²) in [6, 6.07) is 0. The van der Waals surface area contributed by atoms with Gasteiger partial charge in [-0.2, -0.15) is 4.80 Å². The lowest BCUT2D eigenvalue weighted by Gasteiger charge is -2.09. The Kier molecular flexibility index (Phi) is 2.06. The van der Waals surface area contributed by atoms with Crippen LogP contribution in [0.4, 0.5) is 0 Å². The minimum absolute atomic E-state index is 0.293. The van der Waals surface area contributed by atoms with E-state index in [1.54, 1.807) is 7.05 Å². The predicted molar refractivity (Wildman–Crippen MR) is 50.4 cm³/mol. The van der Waals surface area contributed by atoms with Gasteiger partial charge in [-0.05, 0) is 23.0 Å². The fraction of sp³-hybridized carbons (Fsp3) is 0.889. The van der Waals surface area contributed by atoms with E-state index in [0.717, 1.165) is 6.42 Å². The van der Waals surface area contributed by atoms with Crippen molar-refractivity contribution in [2.75, 3.05) is 0 Å². The first-order valence-corrected chi connectivity index (χ1v) is 4.90. The van der Waals surface area contributed by atoms with Crippen LogP contribution >= 0.6 is 0 Å². The zero-order chi connectivity index (χ0) is 10.3. The molecular weight excluding hydrogens is 180 g/mol. The van der Waals surface area contributed by atoms with Crippen molar-refractivity contribution in [2.45, 2.75) is 32.8 Å². The lowest BCUT2D eigenvalue weighted by atomic mass is 10.0. The minimum atomic E-state index is -0.325. The zero-order valence-electron chi connectivity index (χ0n) is 8.80. The molecule has 1 N–H and O–H groups in total. The normalized spacial score (nSPS) is 26.1. The average Bonchev–Trinajstić information content (AvgIpc) is 2.51. The first-order chi connectivity index (χ1) is 6.49. The number of hydrogen-bond acceptors (Lipinski definition) is 4. The summed E-state index contributed by atoms with van der Waals surface area (Å²) in [7, 11) is 1.73. The second-order valence-electron chi connectivity index (χ2n) is 4.77.